The van der Waals surface area contributed by atoms with E-state index in [-0.39, 0.29) is 49.4 Å². The van der Waals surface area contributed by atoms with E-state index in [2.05, 4.69) is 26.8 Å². The maximum atomic E-state index is 14.5. The molecular formula is C49H76O15. The second kappa shape index (κ2) is 20.6. The molecule has 3 N–H and O–H groups in total. The molecular weight excluding hydrogens is 829 g/mol. The fourth-order valence-corrected chi connectivity index (χ4v) is 11.3. The van der Waals surface area contributed by atoms with Gasteiger partial charge in [0.1, 0.15) is 42.0 Å². The molecule has 64 heavy (non-hydrogen) atoms. The molecule has 21 atom stereocenters. The van der Waals surface area contributed by atoms with Gasteiger partial charge >= 0.3 is 5.97 Å². The minimum absolute atomic E-state index is 0.0971. The van der Waals surface area contributed by atoms with Crippen molar-refractivity contribution in [2.75, 3.05) is 27.9 Å². The highest BCUT2D eigenvalue weighted by Gasteiger charge is 2.61. The standard InChI is InChI=1S/C49H76O15/c1-12-25(2)43-29(6)36(50)23-48(64-43)22-34-19-33(63-48)17-16-27(4)42(61-40-21-38(55-10)45(31(8)59-40)62-39-20-37(54-9)41(51)30(7)58-39)26(3)14-13-15-32-24-57-46-44(56-11)28(5)18-35(47(52)60-34)49(32,46)53/h13-16,18,25-26,29-31,33-46,50-51,53H,12,17,19-24H2,1-11H3/b14-13-,27-16-,32-15-/t25-,26-,29-,30-,31-,33+,34-,35-,36-,37-,38-,39-,40-,41-,42-,43+,44+,45-,46+,48-,49+/m0/s1. The summed E-state index contributed by atoms with van der Waals surface area (Å²) in [5.41, 5.74) is 0.516. The van der Waals surface area contributed by atoms with E-state index in [9.17, 15) is 20.1 Å². The van der Waals surface area contributed by atoms with Crippen LogP contribution >= 0.6 is 0 Å². The highest BCUT2D eigenvalue weighted by molar-refractivity contribution is 5.78. The van der Waals surface area contributed by atoms with Gasteiger partial charge in [0.15, 0.2) is 18.4 Å². The van der Waals surface area contributed by atoms with E-state index in [0.29, 0.717) is 31.3 Å². The van der Waals surface area contributed by atoms with E-state index in [1.165, 1.54) is 0 Å². The minimum Gasteiger partial charge on any atom is -0.462 e. The summed E-state index contributed by atoms with van der Waals surface area (Å²) >= 11 is 0. The molecule has 1 aliphatic carbocycles. The third-order valence-corrected chi connectivity index (χ3v) is 15.3. The van der Waals surface area contributed by atoms with E-state index in [1.54, 1.807) is 34.3 Å². The Kier molecular flexibility index (Phi) is 16.1. The summed E-state index contributed by atoms with van der Waals surface area (Å²) in [6, 6.07) is 0. The van der Waals surface area contributed by atoms with Crippen molar-refractivity contribution in [3.05, 3.63) is 47.1 Å². The number of carbonyl (C=O) groups excluding carboxylic acids is 1. The Morgan fingerprint density at radius 3 is 2.27 bits per heavy atom. The first kappa shape index (κ1) is 49.8. The zero-order valence-corrected chi connectivity index (χ0v) is 39.8. The van der Waals surface area contributed by atoms with Crippen molar-refractivity contribution >= 4 is 5.97 Å². The highest BCUT2D eigenvalue weighted by Crippen LogP contribution is 2.48. The van der Waals surface area contributed by atoms with E-state index in [1.807, 2.05) is 45.9 Å². The molecule has 5 fully saturated rings. The molecule has 6 aliphatic heterocycles. The molecule has 362 valence electrons. The molecule has 0 aromatic rings. The van der Waals surface area contributed by atoms with Gasteiger partial charge in [0, 0.05) is 65.3 Å². The van der Waals surface area contributed by atoms with E-state index in [4.69, 9.17) is 52.1 Å². The van der Waals surface area contributed by atoms with Crippen LogP contribution in [-0.4, -0.2) is 153 Å². The molecule has 0 radical (unpaired) electrons. The molecule has 15 nitrogen and oxygen atoms in total. The summed E-state index contributed by atoms with van der Waals surface area (Å²) < 4.78 is 69.9. The predicted octanol–water partition coefficient (Wildman–Crippen LogP) is 5.23. The molecule has 1 spiro atoms. The lowest BCUT2D eigenvalue weighted by atomic mass is 9.70. The third kappa shape index (κ3) is 10.0. The molecule has 0 unspecified atom stereocenters. The fraction of sp³-hybridized carbons (Fsp3) is 0.816. The molecule has 7 aliphatic rings. The van der Waals surface area contributed by atoms with Crippen molar-refractivity contribution in [2.45, 2.75) is 204 Å². The maximum absolute atomic E-state index is 14.5. The number of ether oxygens (including phenoxy) is 11. The number of allylic oxidation sites excluding steroid dienone is 2. The Bertz CT molecular complexity index is 1730. The quantitative estimate of drug-likeness (QED) is 0.202. The summed E-state index contributed by atoms with van der Waals surface area (Å²) in [6.07, 6.45) is 4.40. The number of fused-ring (bicyclic) bond motifs is 2. The monoisotopic (exact) mass is 905 g/mol. The van der Waals surface area contributed by atoms with Gasteiger partial charge in [0.2, 0.25) is 0 Å². The topological polar surface area (TPSA) is 179 Å². The van der Waals surface area contributed by atoms with Crippen LogP contribution < -0.4 is 0 Å². The number of esters is 1. The zero-order chi connectivity index (χ0) is 46.2. The Labute approximate surface area is 379 Å². The molecule has 0 amide bonds. The van der Waals surface area contributed by atoms with Gasteiger partial charge in [0.05, 0.1) is 55.4 Å². The number of hydrogen-bond donors (Lipinski definition) is 3. The van der Waals surface area contributed by atoms with E-state index in [0.717, 1.165) is 17.6 Å². The van der Waals surface area contributed by atoms with Gasteiger partial charge in [-0.3, -0.25) is 4.79 Å². The lowest BCUT2D eigenvalue weighted by Gasteiger charge is -2.52. The van der Waals surface area contributed by atoms with Gasteiger partial charge in [-0.1, -0.05) is 64.5 Å². The number of methoxy groups -OCH3 is 3. The predicted molar refractivity (Wildman–Crippen MR) is 234 cm³/mol. The molecule has 5 saturated heterocycles. The Hall–Kier alpha value is -2.09. The van der Waals surface area contributed by atoms with Crippen LogP contribution in [0.2, 0.25) is 0 Å². The van der Waals surface area contributed by atoms with Crippen molar-refractivity contribution in [3.8, 4) is 0 Å². The van der Waals surface area contributed by atoms with Gasteiger partial charge < -0.3 is 67.4 Å². The van der Waals surface area contributed by atoms with E-state index < -0.39 is 103 Å². The number of aliphatic hydroxyl groups is 3. The first-order valence-corrected chi connectivity index (χ1v) is 23.6. The molecule has 0 saturated carbocycles. The van der Waals surface area contributed by atoms with Crippen LogP contribution in [0.15, 0.2) is 47.1 Å². The van der Waals surface area contributed by atoms with Gasteiger partial charge in [-0.2, -0.15) is 0 Å². The van der Waals surface area contributed by atoms with Crippen LogP contribution in [0.5, 0.6) is 0 Å². The van der Waals surface area contributed by atoms with Gasteiger partial charge in [0.25, 0.3) is 0 Å². The molecule has 6 heterocycles. The van der Waals surface area contributed by atoms with Crippen LogP contribution in [0.1, 0.15) is 100 Å². The molecule has 7 rings (SSSR count). The highest BCUT2D eigenvalue weighted by atomic mass is 16.7. The summed E-state index contributed by atoms with van der Waals surface area (Å²) in [4.78, 5) is 14.5. The van der Waals surface area contributed by atoms with Crippen LogP contribution in [-0.2, 0) is 56.9 Å². The maximum Gasteiger partial charge on any atom is 0.316 e. The van der Waals surface area contributed by atoms with Crippen molar-refractivity contribution in [3.63, 3.8) is 0 Å². The van der Waals surface area contributed by atoms with Gasteiger partial charge in [-0.05, 0) is 56.8 Å². The number of aliphatic hydroxyl groups excluding tert-OH is 2. The van der Waals surface area contributed by atoms with Crippen molar-refractivity contribution in [1.29, 1.82) is 0 Å². The first-order chi connectivity index (χ1) is 30.4. The molecule has 0 aromatic heterocycles. The number of hydrogen-bond acceptors (Lipinski definition) is 15. The second-order valence-corrected chi connectivity index (χ2v) is 19.7. The second-order valence-electron chi connectivity index (χ2n) is 19.7. The fourth-order valence-electron chi connectivity index (χ4n) is 11.3. The van der Waals surface area contributed by atoms with Crippen LogP contribution in [0, 0.1) is 23.7 Å². The smallest absolute Gasteiger partial charge is 0.316 e. The number of rotatable bonds is 9. The average Bonchev–Trinajstić information content (AvgIpc) is 3.59. The van der Waals surface area contributed by atoms with Crippen LogP contribution in [0.3, 0.4) is 0 Å². The molecule has 15 heteroatoms. The third-order valence-electron chi connectivity index (χ3n) is 15.3. The minimum atomic E-state index is -1.74. The van der Waals surface area contributed by atoms with Gasteiger partial charge in [-0.25, -0.2) is 0 Å². The Morgan fingerprint density at radius 2 is 1.56 bits per heavy atom. The lowest BCUT2D eigenvalue weighted by molar-refractivity contribution is -0.354. The van der Waals surface area contributed by atoms with Gasteiger partial charge in [-0.15, -0.1) is 0 Å². The number of carbonyl (C=O) groups is 1. The van der Waals surface area contributed by atoms with Crippen LogP contribution in [0.4, 0.5) is 0 Å². The van der Waals surface area contributed by atoms with Crippen LogP contribution in [0.25, 0.3) is 0 Å². The average molecular weight is 905 g/mol. The lowest BCUT2D eigenvalue weighted by Crippen LogP contribution is -2.60. The SMILES string of the molecule is CC[C@H](C)[C@H]1O[C@@]2(C[C@@H]3C[C@@H](C/C=C(/C)[C@@H](O[C@H]4C[C@H](OC)[C@@H](O[C@H]5C[C@H](OC)[C@@H](O)[C@H](C)O5)[C@H](C)O4)[C@@H](C)/C=C\C=C4\CO[C@@H]5[C@H](OC)C(C)=C[C@@H](C(=O)O3)[C@]45O)O2)C[C@H](O)[C@@H]1C. The zero-order valence-electron chi connectivity index (χ0n) is 39.8. The van der Waals surface area contributed by atoms with Crippen molar-refractivity contribution in [2.24, 2.45) is 23.7 Å². The first-order valence-electron chi connectivity index (χ1n) is 23.6. The largest absolute Gasteiger partial charge is 0.462 e. The summed E-state index contributed by atoms with van der Waals surface area (Å²) in [5.74, 6) is -2.98. The summed E-state index contributed by atoms with van der Waals surface area (Å²) in [5, 5.41) is 34.8. The Morgan fingerprint density at radius 1 is 0.859 bits per heavy atom. The molecule has 2 bridgehead atoms. The normalized spacial score (nSPS) is 49.4. The summed E-state index contributed by atoms with van der Waals surface area (Å²) in [7, 11) is 4.79. The van der Waals surface area contributed by atoms with Crippen molar-refractivity contribution in [1.82, 2.24) is 0 Å². The molecule has 0 aromatic carbocycles. The van der Waals surface area contributed by atoms with Crippen molar-refractivity contribution < 1.29 is 72.2 Å². The van der Waals surface area contributed by atoms with E-state index >= 15 is 0 Å². The summed E-state index contributed by atoms with van der Waals surface area (Å²) in [6.45, 7) is 16.1. The Balaban J connectivity index is 1.20.